The molecule has 0 fully saturated rings. The molecule has 0 amide bonds. The van der Waals surface area contributed by atoms with Crippen molar-refractivity contribution in [3.63, 3.8) is 0 Å². The first kappa shape index (κ1) is 13.0. The van der Waals surface area contributed by atoms with Gasteiger partial charge in [-0.15, -0.1) is 0 Å². The van der Waals surface area contributed by atoms with Gasteiger partial charge in [0.05, 0.1) is 10.7 Å². The normalized spacial score (nSPS) is 12.2. The van der Waals surface area contributed by atoms with Gasteiger partial charge in [-0.2, -0.15) is 0 Å². The minimum atomic E-state index is 0.378. The Kier molecular flexibility index (Phi) is 4.81. The number of carbonyl (C=O) groups excluding carboxylic acids is 1. The quantitative estimate of drug-likeness (QED) is 0.729. The van der Waals surface area contributed by atoms with Crippen molar-refractivity contribution in [2.75, 3.05) is 11.9 Å². The smallest absolute Gasteiger partial charge is 0.152 e. The van der Waals surface area contributed by atoms with E-state index in [1.807, 2.05) is 13.1 Å². The highest BCUT2D eigenvalue weighted by atomic mass is 35.5. The Balaban J connectivity index is 3.06. The zero-order valence-electron chi connectivity index (χ0n) is 10.0. The van der Waals surface area contributed by atoms with Gasteiger partial charge in [0.25, 0.3) is 0 Å². The first-order valence-corrected chi connectivity index (χ1v) is 5.96. The molecule has 16 heavy (non-hydrogen) atoms. The van der Waals surface area contributed by atoms with Gasteiger partial charge in [-0.05, 0) is 25.5 Å². The predicted octanol–water partition coefficient (Wildman–Crippen LogP) is 3.78. The van der Waals surface area contributed by atoms with Crippen molar-refractivity contribution in [2.24, 2.45) is 0 Å². The highest BCUT2D eigenvalue weighted by molar-refractivity contribution is 6.33. The molecular formula is C13H18ClNO. The van der Waals surface area contributed by atoms with Crippen LogP contribution in [0.15, 0.2) is 18.2 Å². The van der Waals surface area contributed by atoms with E-state index in [0.717, 1.165) is 24.8 Å². The zero-order valence-corrected chi connectivity index (χ0v) is 10.8. The number of hydrogen-bond donors (Lipinski definition) is 0. The maximum absolute atomic E-state index is 11.0. The average molecular weight is 240 g/mol. The first-order valence-electron chi connectivity index (χ1n) is 5.58. The molecule has 0 radical (unpaired) electrons. The molecule has 0 heterocycles. The van der Waals surface area contributed by atoms with Gasteiger partial charge in [0.2, 0.25) is 0 Å². The summed E-state index contributed by atoms with van der Waals surface area (Å²) in [4.78, 5) is 13.1. The third kappa shape index (κ3) is 2.76. The third-order valence-corrected chi connectivity index (χ3v) is 3.17. The van der Waals surface area contributed by atoms with E-state index in [1.54, 1.807) is 12.1 Å². The first-order chi connectivity index (χ1) is 7.61. The van der Waals surface area contributed by atoms with Crippen molar-refractivity contribution in [3.05, 3.63) is 28.8 Å². The van der Waals surface area contributed by atoms with Crippen molar-refractivity contribution in [2.45, 2.75) is 32.7 Å². The van der Waals surface area contributed by atoms with Crippen LogP contribution in [-0.2, 0) is 0 Å². The number of aldehydes is 1. The molecule has 0 N–H and O–H groups in total. The fraction of sp³-hybridized carbons (Fsp3) is 0.462. The summed E-state index contributed by atoms with van der Waals surface area (Å²) >= 11 is 6.15. The molecular weight excluding hydrogens is 222 g/mol. The van der Waals surface area contributed by atoms with E-state index in [2.05, 4.69) is 18.7 Å². The average Bonchev–Trinajstić information content (AvgIpc) is 2.28. The molecule has 0 saturated carbocycles. The van der Waals surface area contributed by atoms with E-state index in [4.69, 9.17) is 11.6 Å². The van der Waals surface area contributed by atoms with Crippen molar-refractivity contribution in [3.8, 4) is 0 Å². The van der Waals surface area contributed by atoms with Gasteiger partial charge in [0.15, 0.2) is 6.29 Å². The van der Waals surface area contributed by atoms with E-state index in [-0.39, 0.29) is 0 Å². The van der Waals surface area contributed by atoms with E-state index in [1.165, 1.54) is 0 Å². The second kappa shape index (κ2) is 5.90. The fourth-order valence-corrected chi connectivity index (χ4v) is 2.15. The molecule has 0 bridgehead atoms. The van der Waals surface area contributed by atoms with Crippen LogP contribution >= 0.6 is 11.6 Å². The third-order valence-electron chi connectivity index (χ3n) is 2.87. The second-order valence-corrected chi connectivity index (χ2v) is 4.45. The van der Waals surface area contributed by atoms with E-state index in [0.29, 0.717) is 16.6 Å². The van der Waals surface area contributed by atoms with Crippen molar-refractivity contribution in [1.82, 2.24) is 0 Å². The molecule has 1 aromatic rings. The summed E-state index contributed by atoms with van der Waals surface area (Å²) in [6, 6.07) is 5.79. The summed E-state index contributed by atoms with van der Waals surface area (Å²) in [7, 11) is 1.98. The minimum Gasteiger partial charge on any atom is -0.370 e. The molecule has 0 aliphatic heterocycles. The Hall–Kier alpha value is -1.02. The van der Waals surface area contributed by atoms with Crippen LogP contribution in [0, 0.1) is 0 Å². The van der Waals surface area contributed by atoms with Crippen LogP contribution in [0.5, 0.6) is 0 Å². The van der Waals surface area contributed by atoms with Gasteiger partial charge in [0, 0.05) is 18.7 Å². The summed E-state index contributed by atoms with van der Waals surface area (Å²) in [5, 5.41) is 0.634. The molecule has 0 saturated heterocycles. The fourth-order valence-electron chi connectivity index (χ4n) is 1.83. The van der Waals surface area contributed by atoms with Gasteiger partial charge in [-0.1, -0.05) is 31.0 Å². The Morgan fingerprint density at radius 1 is 1.50 bits per heavy atom. The molecule has 1 rings (SSSR count). The molecule has 0 aliphatic rings. The number of hydrogen-bond acceptors (Lipinski definition) is 2. The second-order valence-electron chi connectivity index (χ2n) is 4.04. The summed E-state index contributed by atoms with van der Waals surface area (Å²) in [5.41, 5.74) is 1.48. The number of anilines is 1. The standard InChI is InChI=1S/C13H18ClNO/c1-4-6-10(2)15(3)13-11(9-16)7-5-8-12(13)14/h5,7-10H,4,6H2,1-3H3. The lowest BCUT2D eigenvalue weighted by Gasteiger charge is -2.28. The molecule has 3 heteroatoms. The van der Waals surface area contributed by atoms with Crippen molar-refractivity contribution >= 4 is 23.6 Å². The predicted molar refractivity (Wildman–Crippen MR) is 69.6 cm³/mol. The molecule has 88 valence electrons. The lowest BCUT2D eigenvalue weighted by molar-refractivity contribution is 0.112. The largest absolute Gasteiger partial charge is 0.370 e. The Bertz CT molecular complexity index is 365. The van der Waals surface area contributed by atoms with Crippen LogP contribution in [0.1, 0.15) is 37.0 Å². The molecule has 1 atom stereocenters. The Morgan fingerprint density at radius 3 is 2.75 bits per heavy atom. The number of rotatable bonds is 5. The minimum absolute atomic E-state index is 0.378. The molecule has 1 aromatic carbocycles. The van der Waals surface area contributed by atoms with E-state index < -0.39 is 0 Å². The molecule has 0 aliphatic carbocycles. The van der Waals surface area contributed by atoms with Crippen LogP contribution in [0.2, 0.25) is 5.02 Å². The van der Waals surface area contributed by atoms with Crippen LogP contribution in [0.25, 0.3) is 0 Å². The van der Waals surface area contributed by atoms with E-state index in [9.17, 15) is 4.79 Å². The summed E-state index contributed by atoms with van der Waals surface area (Å²) in [6.45, 7) is 4.29. The molecule has 0 spiro atoms. The summed E-state index contributed by atoms with van der Waals surface area (Å²) < 4.78 is 0. The van der Waals surface area contributed by atoms with Gasteiger partial charge >= 0.3 is 0 Å². The topological polar surface area (TPSA) is 20.3 Å². The van der Waals surface area contributed by atoms with Crippen molar-refractivity contribution in [1.29, 1.82) is 0 Å². The number of halogens is 1. The number of carbonyl (C=O) groups is 1. The van der Waals surface area contributed by atoms with Crippen LogP contribution < -0.4 is 4.90 Å². The van der Waals surface area contributed by atoms with Gasteiger partial charge in [0.1, 0.15) is 0 Å². The SMILES string of the molecule is CCCC(C)N(C)c1c(Cl)cccc1C=O. The number of nitrogens with zero attached hydrogens (tertiary/aromatic N) is 1. The number of benzene rings is 1. The van der Waals surface area contributed by atoms with Crippen molar-refractivity contribution < 1.29 is 4.79 Å². The van der Waals surface area contributed by atoms with E-state index >= 15 is 0 Å². The van der Waals surface area contributed by atoms with Crippen LogP contribution in [-0.4, -0.2) is 19.4 Å². The van der Waals surface area contributed by atoms with Gasteiger partial charge in [-0.3, -0.25) is 4.79 Å². The zero-order chi connectivity index (χ0) is 12.1. The Labute approximate surface area is 102 Å². The van der Waals surface area contributed by atoms with Gasteiger partial charge < -0.3 is 4.90 Å². The van der Waals surface area contributed by atoms with Crippen LogP contribution in [0.4, 0.5) is 5.69 Å². The lowest BCUT2D eigenvalue weighted by Crippen LogP contribution is -2.29. The highest BCUT2D eigenvalue weighted by Crippen LogP contribution is 2.30. The lowest BCUT2D eigenvalue weighted by atomic mass is 10.1. The van der Waals surface area contributed by atoms with Crippen LogP contribution in [0.3, 0.4) is 0 Å². The molecule has 2 nitrogen and oxygen atoms in total. The number of para-hydroxylation sites is 1. The highest BCUT2D eigenvalue weighted by Gasteiger charge is 2.15. The summed E-state index contributed by atoms with van der Waals surface area (Å²) in [5.74, 6) is 0. The summed E-state index contributed by atoms with van der Waals surface area (Å²) in [6.07, 6.45) is 3.06. The maximum atomic E-state index is 11.0. The Morgan fingerprint density at radius 2 is 2.19 bits per heavy atom. The maximum Gasteiger partial charge on any atom is 0.152 e. The monoisotopic (exact) mass is 239 g/mol. The molecule has 1 unspecified atom stereocenters. The van der Waals surface area contributed by atoms with Gasteiger partial charge in [-0.25, -0.2) is 0 Å². The molecule has 0 aromatic heterocycles.